The van der Waals surface area contributed by atoms with Crippen LogP contribution in [0.1, 0.15) is 54.4 Å². The first kappa shape index (κ1) is 21.1. The van der Waals surface area contributed by atoms with Crippen LogP contribution >= 0.6 is 0 Å². The summed E-state index contributed by atoms with van der Waals surface area (Å²) in [5, 5.41) is 0. The average Bonchev–Trinajstić information content (AvgIpc) is 2.64. The first-order valence-corrected chi connectivity index (χ1v) is 9.19. The van der Waals surface area contributed by atoms with Crippen molar-refractivity contribution in [2.24, 2.45) is 5.92 Å². The zero-order valence-electron chi connectivity index (χ0n) is 15.6. The minimum Gasteiger partial charge on any atom is -0.417 e. The van der Waals surface area contributed by atoms with Crippen LogP contribution in [0.25, 0.3) is 0 Å². The second-order valence-electron chi connectivity index (χ2n) is 7.23. The van der Waals surface area contributed by atoms with Gasteiger partial charge in [-0.15, -0.1) is 13.2 Å². The standard InChI is InChI=1S/C21H19F5O3/c1-12-2-4-13(5-3-12)15-10-17(22)19(18(23)11-15)28-20(27)14-6-8-16(9-7-14)29-21(24,25)26/h6-13H,2-5H2,1H3. The van der Waals surface area contributed by atoms with Gasteiger partial charge >= 0.3 is 12.3 Å². The van der Waals surface area contributed by atoms with E-state index < -0.39 is 35.5 Å². The molecule has 156 valence electrons. The molecule has 1 fully saturated rings. The topological polar surface area (TPSA) is 35.5 Å². The largest absolute Gasteiger partial charge is 0.573 e. The highest BCUT2D eigenvalue weighted by Gasteiger charge is 2.31. The van der Waals surface area contributed by atoms with E-state index in [1.165, 1.54) is 12.1 Å². The molecule has 0 N–H and O–H groups in total. The average molecular weight is 414 g/mol. The van der Waals surface area contributed by atoms with Gasteiger partial charge in [0.25, 0.3) is 0 Å². The van der Waals surface area contributed by atoms with Gasteiger partial charge < -0.3 is 9.47 Å². The summed E-state index contributed by atoms with van der Waals surface area (Å²) in [6.45, 7) is 2.14. The fourth-order valence-electron chi connectivity index (χ4n) is 3.45. The van der Waals surface area contributed by atoms with Gasteiger partial charge in [0.05, 0.1) is 5.56 Å². The van der Waals surface area contributed by atoms with Crippen molar-refractivity contribution in [1.29, 1.82) is 0 Å². The molecular weight excluding hydrogens is 395 g/mol. The normalized spacial score (nSPS) is 19.7. The molecule has 0 bridgehead atoms. The highest BCUT2D eigenvalue weighted by molar-refractivity contribution is 5.91. The van der Waals surface area contributed by atoms with Crippen LogP contribution in [0.4, 0.5) is 22.0 Å². The van der Waals surface area contributed by atoms with Gasteiger partial charge in [-0.2, -0.15) is 0 Å². The zero-order chi connectivity index (χ0) is 21.2. The molecule has 0 radical (unpaired) electrons. The zero-order valence-corrected chi connectivity index (χ0v) is 15.6. The fraction of sp³-hybridized carbons (Fsp3) is 0.381. The molecule has 8 heteroatoms. The highest BCUT2D eigenvalue weighted by Crippen LogP contribution is 2.37. The monoisotopic (exact) mass is 414 g/mol. The molecule has 2 aromatic rings. The number of hydrogen-bond acceptors (Lipinski definition) is 3. The Balaban J connectivity index is 1.71. The summed E-state index contributed by atoms with van der Waals surface area (Å²) in [7, 11) is 0. The van der Waals surface area contributed by atoms with E-state index >= 15 is 0 Å². The molecule has 0 saturated heterocycles. The lowest BCUT2D eigenvalue weighted by atomic mass is 9.79. The van der Waals surface area contributed by atoms with E-state index in [1.54, 1.807) is 0 Å². The van der Waals surface area contributed by atoms with Crippen molar-refractivity contribution < 1.29 is 36.2 Å². The Morgan fingerprint density at radius 3 is 2.03 bits per heavy atom. The van der Waals surface area contributed by atoms with E-state index in [1.807, 2.05) is 0 Å². The van der Waals surface area contributed by atoms with E-state index in [-0.39, 0.29) is 11.5 Å². The lowest BCUT2D eigenvalue weighted by Crippen LogP contribution is -2.17. The summed E-state index contributed by atoms with van der Waals surface area (Å²) in [5.74, 6) is -3.81. The first-order valence-electron chi connectivity index (χ1n) is 9.19. The van der Waals surface area contributed by atoms with Crippen LogP contribution in [-0.4, -0.2) is 12.3 Å². The Morgan fingerprint density at radius 2 is 1.52 bits per heavy atom. The van der Waals surface area contributed by atoms with E-state index in [0.29, 0.717) is 11.5 Å². The molecule has 29 heavy (non-hydrogen) atoms. The maximum atomic E-state index is 14.4. The number of hydrogen-bond donors (Lipinski definition) is 0. The van der Waals surface area contributed by atoms with Crippen molar-refractivity contribution in [3.8, 4) is 11.5 Å². The van der Waals surface area contributed by atoms with Crippen molar-refractivity contribution in [2.45, 2.75) is 44.9 Å². The summed E-state index contributed by atoms with van der Waals surface area (Å²) >= 11 is 0. The van der Waals surface area contributed by atoms with Crippen LogP contribution in [0.15, 0.2) is 36.4 Å². The first-order chi connectivity index (χ1) is 13.6. The van der Waals surface area contributed by atoms with E-state index in [2.05, 4.69) is 11.7 Å². The Morgan fingerprint density at radius 1 is 0.966 bits per heavy atom. The summed E-state index contributed by atoms with van der Waals surface area (Å²) in [6.07, 6.45) is -1.22. The Hall–Kier alpha value is -2.64. The lowest BCUT2D eigenvalue weighted by molar-refractivity contribution is -0.274. The molecule has 0 amide bonds. The second-order valence-corrected chi connectivity index (χ2v) is 7.23. The maximum absolute atomic E-state index is 14.4. The Bertz CT molecular complexity index is 846. The van der Waals surface area contributed by atoms with Crippen LogP contribution in [0.3, 0.4) is 0 Å². The van der Waals surface area contributed by atoms with E-state index in [4.69, 9.17) is 4.74 Å². The third-order valence-corrected chi connectivity index (χ3v) is 5.03. The molecule has 0 heterocycles. The van der Waals surface area contributed by atoms with E-state index in [9.17, 15) is 26.7 Å². The predicted molar refractivity (Wildman–Crippen MR) is 94.8 cm³/mol. The Kier molecular flexibility index (Phi) is 6.10. The minimum absolute atomic E-state index is 0.0566. The molecule has 0 unspecified atom stereocenters. The molecule has 0 atom stereocenters. The Labute approximate surface area is 164 Å². The van der Waals surface area contributed by atoms with Gasteiger partial charge in [-0.25, -0.2) is 13.6 Å². The number of ether oxygens (including phenoxy) is 2. The van der Waals surface area contributed by atoms with Gasteiger partial charge in [-0.3, -0.25) is 0 Å². The van der Waals surface area contributed by atoms with E-state index in [0.717, 1.165) is 49.9 Å². The number of halogens is 5. The van der Waals surface area contributed by atoms with Gasteiger partial charge in [-0.1, -0.05) is 19.8 Å². The molecule has 1 aliphatic rings. The third kappa shape index (κ3) is 5.46. The minimum atomic E-state index is -4.87. The van der Waals surface area contributed by atoms with Gasteiger partial charge in [-0.05, 0) is 66.6 Å². The quantitative estimate of drug-likeness (QED) is 0.331. The van der Waals surface area contributed by atoms with Gasteiger partial charge in [0.2, 0.25) is 5.75 Å². The lowest BCUT2D eigenvalue weighted by Gasteiger charge is -2.26. The number of alkyl halides is 3. The van der Waals surface area contributed by atoms with Gasteiger partial charge in [0.1, 0.15) is 5.75 Å². The summed E-state index contributed by atoms with van der Waals surface area (Å²) in [5.41, 5.74) is 0.351. The van der Waals surface area contributed by atoms with Gasteiger partial charge in [0.15, 0.2) is 11.6 Å². The maximum Gasteiger partial charge on any atom is 0.573 e. The molecule has 0 aliphatic heterocycles. The molecule has 0 aromatic heterocycles. The van der Waals surface area contributed by atoms with Crippen molar-refractivity contribution in [3.63, 3.8) is 0 Å². The molecule has 2 aromatic carbocycles. The fourth-order valence-corrected chi connectivity index (χ4v) is 3.45. The highest BCUT2D eigenvalue weighted by atomic mass is 19.4. The predicted octanol–water partition coefficient (Wildman–Crippen LogP) is 6.38. The van der Waals surface area contributed by atoms with Crippen molar-refractivity contribution in [3.05, 3.63) is 59.2 Å². The van der Waals surface area contributed by atoms with Crippen molar-refractivity contribution >= 4 is 5.97 Å². The summed E-state index contributed by atoms with van der Waals surface area (Å²) in [4.78, 5) is 12.1. The van der Waals surface area contributed by atoms with Crippen molar-refractivity contribution in [1.82, 2.24) is 0 Å². The number of carbonyl (C=O) groups is 1. The number of rotatable bonds is 4. The SMILES string of the molecule is CC1CCC(c2cc(F)c(OC(=O)c3ccc(OC(F)(F)F)cc3)c(F)c2)CC1. The molecule has 1 aliphatic carbocycles. The number of benzene rings is 2. The number of esters is 1. The van der Waals surface area contributed by atoms with Crippen LogP contribution < -0.4 is 9.47 Å². The van der Waals surface area contributed by atoms with Crippen LogP contribution in [0.5, 0.6) is 11.5 Å². The third-order valence-electron chi connectivity index (χ3n) is 5.03. The second kappa shape index (κ2) is 8.39. The molecule has 3 nitrogen and oxygen atoms in total. The van der Waals surface area contributed by atoms with Crippen LogP contribution in [0.2, 0.25) is 0 Å². The molecule has 1 saturated carbocycles. The summed E-state index contributed by atoms with van der Waals surface area (Å²) in [6, 6.07) is 6.18. The molecule has 0 spiro atoms. The molecule has 3 rings (SSSR count). The van der Waals surface area contributed by atoms with Gasteiger partial charge in [0, 0.05) is 0 Å². The smallest absolute Gasteiger partial charge is 0.417 e. The van der Waals surface area contributed by atoms with Crippen molar-refractivity contribution in [2.75, 3.05) is 0 Å². The number of carbonyl (C=O) groups excluding carboxylic acids is 1. The summed E-state index contributed by atoms with van der Waals surface area (Å²) < 4.78 is 73.8. The van der Waals surface area contributed by atoms with Crippen LogP contribution in [-0.2, 0) is 0 Å². The van der Waals surface area contributed by atoms with Crippen LogP contribution in [0, 0.1) is 17.6 Å². The molecular formula is C21H19F5O3.